The first-order valence-corrected chi connectivity index (χ1v) is 9.80. The zero-order valence-electron chi connectivity index (χ0n) is 15.4. The smallest absolute Gasteiger partial charge is 0.231 e. The topological polar surface area (TPSA) is 75.2 Å². The van der Waals surface area contributed by atoms with E-state index in [9.17, 15) is 9.59 Å². The second-order valence-electron chi connectivity index (χ2n) is 6.85. The molecule has 0 bridgehead atoms. The number of carbonyl (C=O) groups excluding carboxylic acids is 2. The Morgan fingerprint density at radius 3 is 2.69 bits per heavy atom. The van der Waals surface area contributed by atoms with Gasteiger partial charge in [0.25, 0.3) is 0 Å². The zero-order valence-corrected chi connectivity index (χ0v) is 16.2. The Morgan fingerprint density at radius 1 is 1.27 bits per heavy atom. The molecule has 1 unspecified atom stereocenters. The number of unbranched alkanes of at least 4 members (excludes halogenated alkanes) is 1. The summed E-state index contributed by atoms with van der Waals surface area (Å²) in [6, 6.07) is 6.03. The maximum Gasteiger partial charge on any atom is 0.231 e. The summed E-state index contributed by atoms with van der Waals surface area (Å²) in [5, 5.41) is 12.4. The molecule has 2 aromatic rings. The van der Waals surface area contributed by atoms with Gasteiger partial charge in [0.2, 0.25) is 16.9 Å². The SMILES string of the molecule is CCCCc1nnc(NC(=O)C2CC(=O)N(c3cc(C)cc(C)c3)C2)s1. The van der Waals surface area contributed by atoms with Crippen LogP contribution in [-0.2, 0) is 16.0 Å². The van der Waals surface area contributed by atoms with Gasteiger partial charge in [-0.15, -0.1) is 10.2 Å². The second-order valence-corrected chi connectivity index (χ2v) is 7.91. The van der Waals surface area contributed by atoms with E-state index in [0.29, 0.717) is 11.7 Å². The van der Waals surface area contributed by atoms with Crippen LogP contribution < -0.4 is 10.2 Å². The number of rotatable bonds is 6. The predicted molar refractivity (Wildman–Crippen MR) is 104 cm³/mol. The Balaban J connectivity index is 1.64. The summed E-state index contributed by atoms with van der Waals surface area (Å²) in [7, 11) is 0. The molecular weight excluding hydrogens is 348 g/mol. The molecule has 26 heavy (non-hydrogen) atoms. The number of aryl methyl sites for hydroxylation is 3. The van der Waals surface area contributed by atoms with E-state index in [4.69, 9.17) is 0 Å². The van der Waals surface area contributed by atoms with E-state index in [-0.39, 0.29) is 24.2 Å². The van der Waals surface area contributed by atoms with Crippen LogP contribution in [0.3, 0.4) is 0 Å². The Labute approximate surface area is 157 Å². The number of hydrogen-bond acceptors (Lipinski definition) is 5. The molecule has 1 N–H and O–H groups in total. The van der Waals surface area contributed by atoms with Crippen molar-refractivity contribution in [2.75, 3.05) is 16.8 Å². The third-order valence-electron chi connectivity index (χ3n) is 4.46. The fourth-order valence-corrected chi connectivity index (χ4v) is 3.96. The van der Waals surface area contributed by atoms with Crippen molar-refractivity contribution in [3.63, 3.8) is 0 Å². The second kappa shape index (κ2) is 7.95. The molecule has 0 saturated carbocycles. The van der Waals surface area contributed by atoms with Crippen LogP contribution in [0.5, 0.6) is 0 Å². The van der Waals surface area contributed by atoms with E-state index in [2.05, 4.69) is 28.5 Å². The van der Waals surface area contributed by atoms with Crippen LogP contribution in [0.25, 0.3) is 0 Å². The number of anilines is 2. The molecule has 2 heterocycles. The molecule has 1 saturated heterocycles. The number of nitrogens with one attached hydrogen (secondary N) is 1. The first kappa shape index (κ1) is 18.5. The van der Waals surface area contributed by atoms with Crippen molar-refractivity contribution < 1.29 is 9.59 Å². The average Bonchev–Trinajstić information content (AvgIpc) is 3.18. The minimum absolute atomic E-state index is 0.0175. The van der Waals surface area contributed by atoms with Crippen LogP contribution >= 0.6 is 11.3 Å². The molecule has 1 aliphatic rings. The lowest BCUT2D eigenvalue weighted by molar-refractivity contribution is -0.122. The highest BCUT2D eigenvalue weighted by atomic mass is 32.1. The minimum atomic E-state index is -0.369. The summed E-state index contributed by atoms with van der Waals surface area (Å²) in [6.07, 6.45) is 3.26. The predicted octanol–water partition coefficient (Wildman–Crippen LogP) is 3.49. The van der Waals surface area contributed by atoms with Gasteiger partial charge in [-0.05, 0) is 43.5 Å². The maximum atomic E-state index is 12.5. The number of amides is 2. The average molecular weight is 372 g/mol. The van der Waals surface area contributed by atoms with E-state index < -0.39 is 0 Å². The van der Waals surface area contributed by atoms with Crippen molar-refractivity contribution in [3.8, 4) is 0 Å². The molecule has 1 aromatic carbocycles. The van der Waals surface area contributed by atoms with Crippen LogP contribution in [0, 0.1) is 19.8 Å². The van der Waals surface area contributed by atoms with Crippen LogP contribution in [0.15, 0.2) is 18.2 Å². The third kappa shape index (κ3) is 4.27. The van der Waals surface area contributed by atoms with Gasteiger partial charge in [-0.25, -0.2) is 0 Å². The highest BCUT2D eigenvalue weighted by molar-refractivity contribution is 7.15. The molecule has 3 rings (SSSR count). The van der Waals surface area contributed by atoms with Gasteiger partial charge >= 0.3 is 0 Å². The van der Waals surface area contributed by atoms with Crippen molar-refractivity contribution in [1.29, 1.82) is 0 Å². The Kier molecular flexibility index (Phi) is 5.66. The summed E-state index contributed by atoms with van der Waals surface area (Å²) in [6.45, 7) is 6.54. The summed E-state index contributed by atoms with van der Waals surface area (Å²) in [4.78, 5) is 26.7. The number of hydrogen-bond donors (Lipinski definition) is 1. The van der Waals surface area contributed by atoms with Crippen molar-refractivity contribution in [1.82, 2.24) is 10.2 Å². The Bertz CT molecular complexity index is 797. The zero-order chi connectivity index (χ0) is 18.7. The molecule has 1 aliphatic heterocycles. The molecule has 0 radical (unpaired) electrons. The summed E-state index contributed by atoms with van der Waals surface area (Å²) >= 11 is 1.41. The van der Waals surface area contributed by atoms with E-state index in [1.807, 2.05) is 26.0 Å². The highest BCUT2D eigenvalue weighted by Gasteiger charge is 2.35. The third-order valence-corrected chi connectivity index (χ3v) is 5.35. The quantitative estimate of drug-likeness (QED) is 0.842. The fourth-order valence-electron chi connectivity index (χ4n) is 3.18. The molecular formula is C19H24N4O2S. The van der Waals surface area contributed by atoms with Gasteiger partial charge in [-0.1, -0.05) is 30.7 Å². The highest BCUT2D eigenvalue weighted by Crippen LogP contribution is 2.28. The normalized spacial score (nSPS) is 17.0. The Morgan fingerprint density at radius 2 is 2.00 bits per heavy atom. The van der Waals surface area contributed by atoms with Crippen molar-refractivity contribution >= 4 is 34.0 Å². The van der Waals surface area contributed by atoms with E-state index in [1.54, 1.807) is 4.90 Å². The monoisotopic (exact) mass is 372 g/mol. The summed E-state index contributed by atoms with van der Waals surface area (Å²) in [5.74, 6) is -0.550. The van der Waals surface area contributed by atoms with E-state index in [1.165, 1.54) is 11.3 Å². The largest absolute Gasteiger partial charge is 0.312 e. The van der Waals surface area contributed by atoms with Gasteiger partial charge < -0.3 is 10.2 Å². The van der Waals surface area contributed by atoms with Gasteiger partial charge in [-0.3, -0.25) is 9.59 Å². The number of carbonyl (C=O) groups is 2. The van der Waals surface area contributed by atoms with Crippen LogP contribution in [-0.4, -0.2) is 28.6 Å². The molecule has 0 aliphatic carbocycles. The summed E-state index contributed by atoms with van der Waals surface area (Å²) in [5.41, 5.74) is 3.07. The first-order chi connectivity index (χ1) is 12.5. The Hall–Kier alpha value is -2.28. The van der Waals surface area contributed by atoms with Crippen molar-refractivity contribution in [2.24, 2.45) is 5.92 Å². The number of nitrogens with zero attached hydrogens (tertiary/aromatic N) is 3. The maximum absolute atomic E-state index is 12.5. The van der Waals surface area contributed by atoms with Gasteiger partial charge in [0, 0.05) is 25.1 Å². The van der Waals surface area contributed by atoms with Gasteiger partial charge in [-0.2, -0.15) is 0 Å². The molecule has 7 heteroatoms. The van der Waals surface area contributed by atoms with Crippen LogP contribution in [0.2, 0.25) is 0 Å². The summed E-state index contributed by atoms with van der Waals surface area (Å²) < 4.78 is 0. The molecule has 0 spiro atoms. The standard InChI is InChI=1S/C19H24N4O2S/c1-4-5-6-16-21-22-19(26-16)20-18(25)14-10-17(24)23(11-14)15-8-12(2)7-13(3)9-15/h7-9,14H,4-6,10-11H2,1-3H3,(H,20,22,25). The van der Waals surface area contributed by atoms with Crippen LogP contribution in [0.4, 0.5) is 10.8 Å². The van der Waals surface area contributed by atoms with Crippen LogP contribution in [0.1, 0.15) is 42.3 Å². The van der Waals surface area contributed by atoms with Gasteiger partial charge in [0.15, 0.2) is 0 Å². The lowest BCUT2D eigenvalue weighted by Crippen LogP contribution is -2.28. The molecule has 138 valence electrons. The number of benzene rings is 1. The van der Waals surface area contributed by atoms with Gasteiger partial charge in [0.1, 0.15) is 5.01 Å². The molecule has 6 nitrogen and oxygen atoms in total. The van der Waals surface area contributed by atoms with E-state index >= 15 is 0 Å². The fraction of sp³-hybridized carbons (Fsp3) is 0.474. The molecule has 1 atom stereocenters. The number of aromatic nitrogens is 2. The van der Waals surface area contributed by atoms with Gasteiger partial charge in [0.05, 0.1) is 5.92 Å². The van der Waals surface area contributed by atoms with Crippen molar-refractivity contribution in [3.05, 3.63) is 34.3 Å². The molecule has 1 fully saturated rings. The van der Waals surface area contributed by atoms with Crippen molar-refractivity contribution in [2.45, 2.75) is 46.5 Å². The van der Waals surface area contributed by atoms with E-state index in [0.717, 1.165) is 41.1 Å². The lowest BCUT2D eigenvalue weighted by Gasteiger charge is -2.18. The minimum Gasteiger partial charge on any atom is -0.312 e. The molecule has 1 aromatic heterocycles. The molecule has 2 amide bonds. The first-order valence-electron chi connectivity index (χ1n) is 8.98. The lowest BCUT2D eigenvalue weighted by atomic mass is 10.1.